The Morgan fingerprint density at radius 2 is 1.76 bits per heavy atom. The molecule has 9 nitrogen and oxygen atoms in total. The highest BCUT2D eigenvalue weighted by Crippen LogP contribution is 2.31. The molecule has 1 amide bonds. The number of fused-ring (bicyclic) bond motifs is 1. The second kappa shape index (κ2) is 10.8. The lowest BCUT2D eigenvalue weighted by atomic mass is 9.99. The Labute approximate surface area is 224 Å². The average Bonchev–Trinajstić information content (AvgIpc) is 3.36. The predicted octanol–water partition coefficient (Wildman–Crippen LogP) is 3.91. The summed E-state index contributed by atoms with van der Waals surface area (Å²) in [5.41, 5.74) is 3.08. The van der Waals surface area contributed by atoms with Crippen LogP contribution in [0.5, 0.6) is 0 Å². The van der Waals surface area contributed by atoms with Crippen molar-refractivity contribution in [1.82, 2.24) is 13.9 Å². The third-order valence-electron chi connectivity index (χ3n) is 6.51. The van der Waals surface area contributed by atoms with Crippen LogP contribution in [0.1, 0.15) is 25.3 Å². The Kier molecular flexibility index (Phi) is 7.44. The van der Waals surface area contributed by atoms with Crippen molar-refractivity contribution in [2.45, 2.75) is 31.2 Å². The molecule has 0 atom stereocenters. The third kappa shape index (κ3) is 5.28. The molecule has 0 unspecified atom stereocenters. The maximum atomic E-state index is 13.3. The number of carbonyl (C=O) groups excluding carboxylic acids is 1. The molecule has 5 rings (SSSR count). The van der Waals surface area contributed by atoms with E-state index in [4.69, 9.17) is 4.74 Å². The van der Waals surface area contributed by atoms with Gasteiger partial charge in [-0.1, -0.05) is 38.1 Å². The monoisotopic (exact) mass is 552 g/mol. The molecule has 1 saturated heterocycles. The fourth-order valence-corrected chi connectivity index (χ4v) is 6.66. The number of anilines is 1. The summed E-state index contributed by atoms with van der Waals surface area (Å²) in [6.45, 7) is 5.38. The summed E-state index contributed by atoms with van der Waals surface area (Å²) in [5, 5.41) is 5.13. The molecule has 1 N–H and O–H groups in total. The van der Waals surface area contributed by atoms with Crippen LogP contribution < -0.4 is 10.9 Å². The van der Waals surface area contributed by atoms with Gasteiger partial charge in [-0.2, -0.15) is 4.31 Å². The Hall–Kier alpha value is -3.38. The molecule has 4 aromatic rings. The molecule has 1 fully saturated rings. The molecule has 0 saturated carbocycles. The minimum Gasteiger partial charge on any atom is -0.379 e. The van der Waals surface area contributed by atoms with Crippen LogP contribution in [-0.4, -0.2) is 54.5 Å². The second-order valence-electron chi connectivity index (χ2n) is 9.37. The number of benzene rings is 2. The van der Waals surface area contributed by atoms with E-state index in [0.717, 1.165) is 11.1 Å². The molecule has 2 aromatic carbocycles. The van der Waals surface area contributed by atoms with Crippen LogP contribution in [0.2, 0.25) is 0 Å². The zero-order chi connectivity index (χ0) is 26.9. The number of nitrogens with zero attached hydrogens (tertiary/aromatic N) is 3. The van der Waals surface area contributed by atoms with Gasteiger partial charge in [0.15, 0.2) is 0 Å². The van der Waals surface area contributed by atoms with Gasteiger partial charge in [0.1, 0.15) is 11.4 Å². The van der Waals surface area contributed by atoms with E-state index in [1.165, 1.54) is 56.4 Å². The van der Waals surface area contributed by atoms with Crippen LogP contribution in [-0.2, 0) is 26.1 Å². The first-order chi connectivity index (χ1) is 18.2. The smallest absolute Gasteiger partial charge is 0.263 e. The highest BCUT2D eigenvalue weighted by atomic mass is 32.2. The van der Waals surface area contributed by atoms with Crippen molar-refractivity contribution < 1.29 is 17.9 Å². The normalized spacial score (nSPS) is 14.7. The Morgan fingerprint density at radius 3 is 2.42 bits per heavy atom. The molecule has 3 heterocycles. The maximum absolute atomic E-state index is 13.3. The van der Waals surface area contributed by atoms with Gasteiger partial charge in [-0.05, 0) is 41.3 Å². The summed E-state index contributed by atoms with van der Waals surface area (Å²) in [7, 11) is -3.62. The molecule has 2 aromatic heterocycles. The standard InChI is InChI=1S/C27H28N4O5S2/c1-18(2)19-3-5-20(6-4-19)23-16-37-26-25(23)27(33)30(17-28-26)15-24(32)29-21-7-9-22(10-8-21)38(34,35)31-11-13-36-14-12-31/h3-10,16-18H,11-15H2,1-2H3,(H,29,32). The van der Waals surface area contributed by atoms with Crippen molar-refractivity contribution in [3.63, 3.8) is 0 Å². The largest absolute Gasteiger partial charge is 0.379 e. The topological polar surface area (TPSA) is 111 Å². The number of aromatic nitrogens is 2. The Bertz CT molecular complexity index is 1620. The van der Waals surface area contributed by atoms with Crippen LogP contribution in [0, 0.1) is 0 Å². The zero-order valence-electron chi connectivity index (χ0n) is 21.1. The van der Waals surface area contributed by atoms with Crippen LogP contribution in [0.4, 0.5) is 5.69 Å². The molecular formula is C27H28N4O5S2. The number of rotatable bonds is 7. The fourth-order valence-electron chi connectivity index (χ4n) is 4.34. The van der Waals surface area contributed by atoms with Crippen molar-refractivity contribution in [2.75, 3.05) is 31.6 Å². The van der Waals surface area contributed by atoms with Crippen molar-refractivity contribution in [3.05, 3.63) is 76.2 Å². The molecule has 11 heteroatoms. The van der Waals surface area contributed by atoms with Gasteiger partial charge in [-0.15, -0.1) is 11.3 Å². The Balaban J connectivity index is 1.32. The second-order valence-corrected chi connectivity index (χ2v) is 12.2. The number of nitrogens with one attached hydrogen (secondary N) is 1. The SMILES string of the molecule is CC(C)c1ccc(-c2csc3ncn(CC(=O)Nc4ccc(S(=O)(=O)N5CCOCC5)cc4)c(=O)c23)cc1. The van der Waals surface area contributed by atoms with Crippen molar-refractivity contribution in [2.24, 2.45) is 0 Å². The van der Waals surface area contributed by atoms with Crippen LogP contribution in [0.25, 0.3) is 21.3 Å². The fraction of sp³-hybridized carbons (Fsp3) is 0.296. The van der Waals surface area contributed by atoms with E-state index in [0.29, 0.717) is 48.1 Å². The number of thiophene rings is 1. The van der Waals surface area contributed by atoms with E-state index in [1.54, 1.807) is 0 Å². The van der Waals surface area contributed by atoms with E-state index < -0.39 is 15.9 Å². The maximum Gasteiger partial charge on any atom is 0.263 e. The molecule has 0 spiro atoms. The molecule has 1 aliphatic heterocycles. The summed E-state index contributed by atoms with van der Waals surface area (Å²) in [5.74, 6) is -0.0128. The first-order valence-corrected chi connectivity index (χ1v) is 14.6. The molecule has 198 valence electrons. The lowest BCUT2D eigenvalue weighted by molar-refractivity contribution is -0.116. The summed E-state index contributed by atoms with van der Waals surface area (Å²) >= 11 is 1.39. The number of hydrogen-bond acceptors (Lipinski definition) is 7. The van der Waals surface area contributed by atoms with Gasteiger partial charge in [-0.3, -0.25) is 14.2 Å². The summed E-state index contributed by atoms with van der Waals surface area (Å²) in [6, 6.07) is 14.1. The van der Waals surface area contributed by atoms with Gasteiger partial charge in [-0.25, -0.2) is 13.4 Å². The van der Waals surface area contributed by atoms with Gasteiger partial charge >= 0.3 is 0 Å². The van der Waals surface area contributed by atoms with Gasteiger partial charge in [0.05, 0.1) is 29.8 Å². The predicted molar refractivity (Wildman–Crippen MR) is 148 cm³/mol. The first kappa shape index (κ1) is 26.2. The van der Waals surface area contributed by atoms with Crippen LogP contribution in [0.3, 0.4) is 0 Å². The van der Waals surface area contributed by atoms with Gasteiger partial charge in [0.25, 0.3) is 5.56 Å². The molecule has 38 heavy (non-hydrogen) atoms. The van der Waals surface area contributed by atoms with Crippen molar-refractivity contribution >= 4 is 43.2 Å². The van der Waals surface area contributed by atoms with E-state index in [-0.39, 0.29) is 17.0 Å². The average molecular weight is 553 g/mol. The van der Waals surface area contributed by atoms with Gasteiger partial charge in [0, 0.05) is 29.7 Å². The lowest BCUT2D eigenvalue weighted by Crippen LogP contribution is -2.40. The quantitative estimate of drug-likeness (QED) is 0.372. The van der Waals surface area contributed by atoms with E-state index in [2.05, 4.69) is 36.3 Å². The number of amides is 1. The number of sulfonamides is 1. The minimum absolute atomic E-state index is 0.148. The highest BCUT2D eigenvalue weighted by molar-refractivity contribution is 7.89. The minimum atomic E-state index is -3.62. The number of morpholine rings is 1. The Morgan fingerprint density at radius 1 is 1.08 bits per heavy atom. The van der Waals surface area contributed by atoms with E-state index in [9.17, 15) is 18.0 Å². The zero-order valence-corrected chi connectivity index (χ0v) is 22.7. The molecule has 0 aliphatic carbocycles. The summed E-state index contributed by atoms with van der Waals surface area (Å²) < 4.78 is 33.5. The number of hydrogen-bond donors (Lipinski definition) is 1. The number of ether oxygens (including phenoxy) is 1. The van der Waals surface area contributed by atoms with Crippen LogP contribution in [0.15, 0.2) is 69.9 Å². The van der Waals surface area contributed by atoms with Crippen molar-refractivity contribution in [3.8, 4) is 11.1 Å². The van der Waals surface area contributed by atoms with E-state index in [1.807, 2.05) is 17.5 Å². The summed E-state index contributed by atoms with van der Waals surface area (Å²) in [4.78, 5) is 31.2. The van der Waals surface area contributed by atoms with Gasteiger partial charge < -0.3 is 10.1 Å². The molecule has 0 radical (unpaired) electrons. The lowest BCUT2D eigenvalue weighted by Gasteiger charge is -2.26. The van der Waals surface area contributed by atoms with Gasteiger partial charge in [0.2, 0.25) is 15.9 Å². The van der Waals surface area contributed by atoms with E-state index >= 15 is 0 Å². The van der Waals surface area contributed by atoms with Crippen molar-refractivity contribution in [1.29, 1.82) is 0 Å². The van der Waals surface area contributed by atoms with Crippen LogP contribution >= 0.6 is 11.3 Å². The summed E-state index contributed by atoms with van der Waals surface area (Å²) in [6.07, 6.45) is 1.38. The highest BCUT2D eigenvalue weighted by Gasteiger charge is 2.26. The molecule has 0 bridgehead atoms. The third-order valence-corrected chi connectivity index (χ3v) is 9.31. The first-order valence-electron chi connectivity index (χ1n) is 12.3. The number of carbonyl (C=O) groups is 1. The molecular weight excluding hydrogens is 524 g/mol. The molecule has 1 aliphatic rings.